The first-order valence-corrected chi connectivity index (χ1v) is 25.3. The number of fused-ring (bicyclic) bond motifs is 3. The van der Waals surface area contributed by atoms with Crippen LogP contribution < -0.4 is 41.9 Å². The van der Waals surface area contributed by atoms with Gasteiger partial charge in [-0.05, 0) is 79.9 Å². The van der Waals surface area contributed by atoms with Gasteiger partial charge in [0.05, 0.1) is 67.0 Å². The fourth-order valence-corrected chi connectivity index (χ4v) is 8.66. The number of nitrogens with zero attached hydrogens (tertiary/aromatic N) is 4. The largest absolute Gasteiger partial charge is 0.481 e. The third-order valence-electron chi connectivity index (χ3n) is 11.7. The minimum Gasteiger partial charge on any atom is -0.481 e. The molecule has 0 aliphatic heterocycles. The standard InChI is InChI=1S/C51H54N10O13S/c1-30-26-33(27-31(2)44(30)74-50(68)42-36-8-3-5-10-39(36)61(20-7-25-75(69,70)71)40-11-6-4-9-37(40)42)46(64)53-18-21-72-23-24-73-22-19-54-48(66)38(16-17-41(62)63)58-47(65)32-12-14-34(15-13-32)55-28-35-29-56-45-43(57-35)49(67)60-51(52)59-45/h3-6,8-15,26-27,29,38H,7,16-25,28H2,1-2H3,(H8-,52,53,54,55,56,58,59,60,62,63,64,65,66,67,69,70,71)/p+1. The minimum atomic E-state index is -4.16. The molecule has 3 amide bonds. The summed E-state index contributed by atoms with van der Waals surface area (Å²) >= 11 is 0. The Morgan fingerprint density at radius 2 is 1.44 bits per heavy atom. The highest BCUT2D eigenvalue weighted by Gasteiger charge is 2.27. The molecule has 0 fully saturated rings. The normalized spacial score (nSPS) is 11.8. The van der Waals surface area contributed by atoms with Gasteiger partial charge in [-0.1, -0.05) is 24.3 Å². The Balaban J connectivity index is 0.818. The summed E-state index contributed by atoms with van der Waals surface area (Å²) in [6, 6.07) is 22.9. The van der Waals surface area contributed by atoms with E-state index in [0.717, 1.165) is 0 Å². The van der Waals surface area contributed by atoms with Crippen LogP contribution >= 0.6 is 0 Å². The van der Waals surface area contributed by atoms with E-state index < -0.39 is 51.2 Å². The lowest BCUT2D eigenvalue weighted by Crippen LogP contribution is -2.47. The predicted molar refractivity (Wildman–Crippen MR) is 275 cm³/mol. The van der Waals surface area contributed by atoms with Crippen molar-refractivity contribution < 1.29 is 60.8 Å². The number of anilines is 2. The number of amides is 3. The molecule has 392 valence electrons. The number of para-hydroxylation sites is 2. The molecule has 7 rings (SSSR count). The van der Waals surface area contributed by atoms with Crippen molar-refractivity contribution in [3.8, 4) is 5.75 Å². The Kier molecular flexibility index (Phi) is 18.1. The average Bonchev–Trinajstić information content (AvgIpc) is 3.38. The van der Waals surface area contributed by atoms with E-state index in [1.54, 1.807) is 62.4 Å². The fourth-order valence-electron chi connectivity index (χ4n) is 8.16. The summed E-state index contributed by atoms with van der Waals surface area (Å²) in [5.41, 5.74) is 9.61. The molecule has 7 aromatic rings. The number of aromatic amines is 1. The predicted octanol–water partition coefficient (Wildman–Crippen LogP) is 3.16. The zero-order chi connectivity index (χ0) is 53.6. The van der Waals surface area contributed by atoms with Gasteiger partial charge in [0, 0.05) is 54.9 Å². The Bertz CT molecular complexity index is 3370. The Morgan fingerprint density at radius 3 is 2.07 bits per heavy atom. The van der Waals surface area contributed by atoms with Gasteiger partial charge in [-0.3, -0.25) is 33.5 Å². The maximum Gasteiger partial charge on any atom is 0.345 e. The Labute approximate surface area is 429 Å². The molecule has 3 aromatic heterocycles. The number of ether oxygens (including phenoxy) is 3. The van der Waals surface area contributed by atoms with Gasteiger partial charge < -0.3 is 46.3 Å². The lowest BCUT2D eigenvalue weighted by atomic mass is 10.0. The molecule has 0 spiro atoms. The number of nitrogen functional groups attached to an aromatic ring is 1. The highest BCUT2D eigenvalue weighted by molar-refractivity contribution is 7.85. The van der Waals surface area contributed by atoms with E-state index in [0.29, 0.717) is 61.2 Å². The third-order valence-corrected chi connectivity index (χ3v) is 12.5. The van der Waals surface area contributed by atoms with Crippen LogP contribution in [-0.4, -0.2) is 119 Å². The van der Waals surface area contributed by atoms with Crippen LogP contribution in [0.1, 0.15) is 67.2 Å². The molecule has 4 aromatic carbocycles. The molecule has 24 heteroatoms. The van der Waals surface area contributed by atoms with Crippen LogP contribution in [0.15, 0.2) is 95.9 Å². The number of aryl methyl sites for hydroxylation is 3. The molecule has 0 aliphatic carbocycles. The number of pyridine rings is 1. The molecule has 0 saturated heterocycles. The second-order valence-electron chi connectivity index (χ2n) is 17.2. The molecule has 9 N–H and O–H groups in total. The molecule has 3 heterocycles. The zero-order valence-electron chi connectivity index (χ0n) is 40.9. The second-order valence-corrected chi connectivity index (χ2v) is 18.7. The summed E-state index contributed by atoms with van der Waals surface area (Å²) in [6.07, 6.45) is 1.08. The number of nitrogens with two attached hydrogens (primary N) is 1. The lowest BCUT2D eigenvalue weighted by molar-refractivity contribution is -0.645. The van der Waals surface area contributed by atoms with Crippen LogP contribution in [0.5, 0.6) is 5.75 Å². The molecule has 0 aliphatic rings. The molecule has 75 heavy (non-hydrogen) atoms. The topological polar surface area (TPSA) is 337 Å². The van der Waals surface area contributed by atoms with Crippen LogP contribution in [0, 0.1) is 13.8 Å². The number of carbonyl (C=O) groups excluding carboxylic acids is 4. The van der Waals surface area contributed by atoms with Gasteiger partial charge >= 0.3 is 11.9 Å². The van der Waals surface area contributed by atoms with E-state index in [9.17, 15) is 46.8 Å². The number of benzene rings is 4. The number of aliphatic carboxylic acids is 1. The number of carbonyl (C=O) groups is 5. The van der Waals surface area contributed by atoms with Gasteiger partial charge in [0.1, 0.15) is 11.8 Å². The van der Waals surface area contributed by atoms with E-state index in [4.69, 9.17) is 19.9 Å². The van der Waals surface area contributed by atoms with Gasteiger partial charge in [-0.2, -0.15) is 18.0 Å². The number of hydrogen-bond donors (Lipinski definition) is 8. The smallest absolute Gasteiger partial charge is 0.345 e. The number of aromatic nitrogens is 5. The molecule has 0 bridgehead atoms. The quantitative estimate of drug-likeness (QED) is 0.0102. The summed E-state index contributed by atoms with van der Waals surface area (Å²) in [4.78, 5) is 91.6. The summed E-state index contributed by atoms with van der Waals surface area (Å²) in [5, 5.41) is 21.6. The van der Waals surface area contributed by atoms with Gasteiger partial charge in [-0.25, -0.2) is 14.8 Å². The fraction of sp³-hybridized carbons (Fsp3) is 0.294. The van der Waals surface area contributed by atoms with Gasteiger partial charge in [0.25, 0.3) is 27.5 Å². The summed E-state index contributed by atoms with van der Waals surface area (Å²) < 4.78 is 51.3. The lowest BCUT2D eigenvalue weighted by Gasteiger charge is -2.18. The van der Waals surface area contributed by atoms with Crippen molar-refractivity contribution in [1.82, 2.24) is 35.9 Å². The molecule has 1 unspecified atom stereocenters. The zero-order valence-corrected chi connectivity index (χ0v) is 41.7. The Morgan fingerprint density at radius 1 is 0.813 bits per heavy atom. The van der Waals surface area contributed by atoms with Gasteiger partial charge in [0.15, 0.2) is 17.7 Å². The first-order chi connectivity index (χ1) is 35.9. The van der Waals surface area contributed by atoms with E-state index in [1.807, 2.05) is 28.8 Å². The van der Waals surface area contributed by atoms with Crippen LogP contribution in [0.25, 0.3) is 33.0 Å². The van der Waals surface area contributed by atoms with E-state index >= 15 is 0 Å². The highest BCUT2D eigenvalue weighted by Crippen LogP contribution is 2.30. The van der Waals surface area contributed by atoms with E-state index in [2.05, 4.69) is 41.2 Å². The van der Waals surface area contributed by atoms with Crippen molar-refractivity contribution in [3.63, 3.8) is 0 Å². The molecule has 0 radical (unpaired) electrons. The minimum absolute atomic E-state index is 0.0356. The van der Waals surface area contributed by atoms with Crippen molar-refractivity contribution in [2.75, 3.05) is 56.3 Å². The Hall–Kier alpha value is -8.45. The monoisotopic (exact) mass is 1050 g/mol. The summed E-state index contributed by atoms with van der Waals surface area (Å²) in [7, 11) is -4.16. The van der Waals surface area contributed by atoms with Gasteiger partial charge in [-0.15, -0.1) is 0 Å². The van der Waals surface area contributed by atoms with Crippen LogP contribution in [0.2, 0.25) is 0 Å². The van der Waals surface area contributed by atoms with Crippen LogP contribution in [-0.2, 0) is 42.3 Å². The first kappa shape index (κ1) is 54.3. The number of esters is 1. The van der Waals surface area contributed by atoms with Crippen molar-refractivity contribution in [2.24, 2.45) is 0 Å². The third kappa shape index (κ3) is 14.6. The number of carboxylic acids is 1. The molecular weight excluding hydrogens is 993 g/mol. The second kappa shape index (κ2) is 25.0. The van der Waals surface area contributed by atoms with Crippen molar-refractivity contribution in [3.05, 3.63) is 135 Å². The van der Waals surface area contributed by atoms with Crippen LogP contribution in [0.3, 0.4) is 0 Å². The maximum atomic E-state index is 14.1. The number of rotatable bonds is 25. The number of carboxylic acid groups (broad SMARTS) is 1. The maximum absolute atomic E-state index is 14.1. The van der Waals surface area contributed by atoms with E-state index in [1.165, 1.54) is 18.3 Å². The summed E-state index contributed by atoms with van der Waals surface area (Å²) in [6.45, 7) is 4.79. The first-order valence-electron chi connectivity index (χ1n) is 23.7. The SMILES string of the molecule is Cc1cc(C(=O)NCCOCCOCCNC(=O)C(CCC(=O)O)NC(=O)c2ccc(NCc3cnc4nc(N)[nH]c(=O)c4n3)cc2)cc(C)c1OC(=O)c1c2ccccc2[n+](CCCS(=O)(=O)O)c2ccccc12. The van der Waals surface area contributed by atoms with Crippen molar-refractivity contribution in [1.29, 1.82) is 0 Å². The summed E-state index contributed by atoms with van der Waals surface area (Å²) in [5.74, 6) is -3.49. The van der Waals surface area contributed by atoms with Crippen molar-refractivity contribution in [2.45, 2.75) is 52.2 Å². The molecule has 1 atom stereocenters. The number of nitrogens with one attached hydrogen (secondary N) is 5. The van der Waals surface area contributed by atoms with Gasteiger partial charge in [0.2, 0.25) is 22.9 Å². The van der Waals surface area contributed by atoms with Crippen molar-refractivity contribution >= 4 is 84.4 Å². The molecule has 0 saturated carbocycles. The number of hydrogen-bond acceptors (Lipinski definition) is 16. The molecule has 23 nitrogen and oxygen atoms in total. The average molecular weight is 1050 g/mol. The van der Waals surface area contributed by atoms with Crippen LogP contribution in [0.4, 0.5) is 11.6 Å². The number of H-pyrrole nitrogens is 1. The molecular formula is C51H55N10O13S+. The highest BCUT2D eigenvalue weighted by atomic mass is 32.2. The van der Waals surface area contributed by atoms with E-state index in [-0.39, 0.29) is 100 Å².